The van der Waals surface area contributed by atoms with Gasteiger partial charge in [0.15, 0.2) is 0 Å². The zero-order chi connectivity index (χ0) is 16.9. The molecule has 3 rings (SSSR count). The van der Waals surface area contributed by atoms with Gasteiger partial charge in [-0.05, 0) is 5.56 Å². The predicted octanol–water partition coefficient (Wildman–Crippen LogP) is 3.45. The number of hydrogen-bond acceptors (Lipinski definition) is 4. The van der Waals surface area contributed by atoms with Crippen LogP contribution in [0.4, 0.5) is 0 Å². The van der Waals surface area contributed by atoms with Gasteiger partial charge in [-0.2, -0.15) is 5.10 Å². The summed E-state index contributed by atoms with van der Waals surface area (Å²) in [5, 5.41) is 10.2. The van der Waals surface area contributed by atoms with Crippen LogP contribution in [0, 0.1) is 0 Å². The normalized spacial score (nSPS) is 11.0. The van der Waals surface area contributed by atoms with Crippen molar-refractivity contribution in [1.29, 1.82) is 0 Å². The topological polar surface area (TPSA) is 59.8 Å². The van der Waals surface area contributed by atoms with Gasteiger partial charge in [0.1, 0.15) is 6.54 Å². The highest BCUT2D eigenvalue weighted by Crippen LogP contribution is 2.19. The molecule has 0 aliphatic rings. The lowest BCUT2D eigenvalue weighted by Crippen LogP contribution is -2.27. The van der Waals surface area contributed by atoms with E-state index in [0.717, 1.165) is 21.8 Å². The Kier molecular flexibility index (Phi) is 5.05. The van der Waals surface area contributed by atoms with Crippen molar-refractivity contribution in [2.24, 2.45) is 0 Å². The van der Waals surface area contributed by atoms with E-state index in [1.807, 2.05) is 41.9 Å². The molecule has 0 atom stereocenters. The Morgan fingerprint density at radius 1 is 1.25 bits per heavy atom. The molecule has 0 aliphatic heterocycles. The van der Waals surface area contributed by atoms with Gasteiger partial charge in [-0.15, -0.1) is 11.3 Å². The fourth-order valence-electron chi connectivity index (χ4n) is 2.29. The molecule has 0 saturated carbocycles. The van der Waals surface area contributed by atoms with Crippen molar-refractivity contribution in [3.05, 3.63) is 58.8 Å². The van der Waals surface area contributed by atoms with Gasteiger partial charge < -0.3 is 5.32 Å². The Hall–Kier alpha value is -2.47. The summed E-state index contributed by atoms with van der Waals surface area (Å²) in [7, 11) is 0. The highest BCUT2D eigenvalue weighted by atomic mass is 32.1. The van der Waals surface area contributed by atoms with E-state index in [1.165, 1.54) is 0 Å². The van der Waals surface area contributed by atoms with Gasteiger partial charge in [0.25, 0.3) is 0 Å². The predicted molar refractivity (Wildman–Crippen MR) is 95.7 cm³/mol. The summed E-state index contributed by atoms with van der Waals surface area (Å²) < 4.78 is 1.65. The van der Waals surface area contributed by atoms with Gasteiger partial charge in [-0.25, -0.2) is 4.98 Å². The van der Waals surface area contributed by atoms with Crippen LogP contribution in [0.3, 0.4) is 0 Å². The average Bonchev–Trinajstić information content (AvgIpc) is 3.23. The Balaban J connectivity index is 1.54. The number of thiazole rings is 1. The minimum absolute atomic E-state index is 0.0724. The third kappa shape index (κ3) is 4.08. The van der Waals surface area contributed by atoms with Crippen LogP contribution in [0.25, 0.3) is 11.1 Å². The molecule has 0 saturated heterocycles. The van der Waals surface area contributed by atoms with Crippen LogP contribution < -0.4 is 5.32 Å². The minimum Gasteiger partial charge on any atom is -0.349 e. The number of hydrogen-bond donors (Lipinski definition) is 1. The van der Waals surface area contributed by atoms with Crippen molar-refractivity contribution in [3.63, 3.8) is 0 Å². The summed E-state index contributed by atoms with van der Waals surface area (Å²) >= 11 is 1.63. The largest absolute Gasteiger partial charge is 0.349 e. The molecule has 24 heavy (non-hydrogen) atoms. The Bertz CT molecular complexity index is 807. The van der Waals surface area contributed by atoms with E-state index < -0.39 is 0 Å². The molecule has 2 aromatic heterocycles. The van der Waals surface area contributed by atoms with E-state index in [9.17, 15) is 4.79 Å². The molecule has 0 fully saturated rings. The molecule has 3 aromatic rings. The van der Waals surface area contributed by atoms with E-state index >= 15 is 0 Å². The van der Waals surface area contributed by atoms with Crippen LogP contribution >= 0.6 is 11.3 Å². The van der Waals surface area contributed by atoms with Gasteiger partial charge in [0.2, 0.25) is 5.91 Å². The summed E-state index contributed by atoms with van der Waals surface area (Å²) in [5.74, 6) is 0.344. The summed E-state index contributed by atoms with van der Waals surface area (Å²) in [4.78, 5) is 16.6. The van der Waals surface area contributed by atoms with Gasteiger partial charge in [0.05, 0.1) is 23.4 Å². The van der Waals surface area contributed by atoms with Crippen LogP contribution in [-0.4, -0.2) is 20.7 Å². The fourth-order valence-corrected chi connectivity index (χ4v) is 3.13. The van der Waals surface area contributed by atoms with Crippen molar-refractivity contribution < 1.29 is 4.79 Å². The number of benzene rings is 1. The summed E-state index contributed by atoms with van der Waals surface area (Å²) in [6.45, 7) is 4.88. The highest BCUT2D eigenvalue weighted by Gasteiger charge is 2.09. The minimum atomic E-state index is -0.0724. The maximum Gasteiger partial charge on any atom is 0.242 e. The quantitative estimate of drug-likeness (QED) is 0.748. The monoisotopic (exact) mass is 340 g/mol. The van der Waals surface area contributed by atoms with Gasteiger partial charge in [0, 0.05) is 23.1 Å². The van der Waals surface area contributed by atoms with Crippen molar-refractivity contribution in [2.75, 3.05) is 0 Å². The summed E-state index contributed by atoms with van der Waals surface area (Å²) in [6, 6.07) is 9.99. The molecule has 0 bridgehead atoms. The van der Waals surface area contributed by atoms with Gasteiger partial charge >= 0.3 is 0 Å². The molecular formula is C18H20N4OS. The number of nitrogens with zero attached hydrogens (tertiary/aromatic N) is 3. The Labute approximate surface area is 145 Å². The van der Waals surface area contributed by atoms with Gasteiger partial charge in [-0.1, -0.05) is 44.2 Å². The van der Waals surface area contributed by atoms with Crippen molar-refractivity contribution in [3.8, 4) is 11.1 Å². The molecule has 0 aliphatic carbocycles. The number of rotatable bonds is 6. The summed E-state index contributed by atoms with van der Waals surface area (Å²) in [5.41, 5.74) is 3.00. The molecule has 0 spiro atoms. The Morgan fingerprint density at radius 2 is 2.04 bits per heavy atom. The zero-order valence-electron chi connectivity index (χ0n) is 13.8. The number of nitrogens with one attached hydrogen (secondary N) is 1. The second kappa shape index (κ2) is 7.40. The molecule has 0 unspecified atom stereocenters. The molecular weight excluding hydrogens is 320 g/mol. The molecule has 1 N–H and O–H groups in total. The lowest BCUT2D eigenvalue weighted by Gasteiger charge is -2.03. The van der Waals surface area contributed by atoms with Crippen molar-refractivity contribution >= 4 is 17.2 Å². The third-order valence-corrected chi connectivity index (χ3v) is 4.77. The number of carbonyl (C=O) groups excluding carboxylic acids is 1. The number of aromatic nitrogens is 3. The third-order valence-electron chi connectivity index (χ3n) is 3.58. The molecule has 124 valence electrons. The second-order valence-electron chi connectivity index (χ2n) is 5.90. The van der Waals surface area contributed by atoms with E-state index in [1.54, 1.807) is 22.2 Å². The van der Waals surface area contributed by atoms with Crippen molar-refractivity contribution in [2.45, 2.75) is 32.9 Å². The van der Waals surface area contributed by atoms with Crippen LogP contribution in [0.2, 0.25) is 0 Å². The standard InChI is InChI=1S/C18H20N4OS/c1-13(2)18-21-16(12-24-18)9-19-17(23)11-22-10-15(8-20-22)14-6-4-3-5-7-14/h3-8,10,12-13H,9,11H2,1-2H3,(H,19,23). The lowest BCUT2D eigenvalue weighted by atomic mass is 10.1. The summed E-state index contributed by atoms with van der Waals surface area (Å²) in [6.07, 6.45) is 3.66. The zero-order valence-corrected chi connectivity index (χ0v) is 14.6. The maximum atomic E-state index is 12.1. The van der Waals surface area contributed by atoms with Crippen LogP contribution in [-0.2, 0) is 17.9 Å². The number of amides is 1. The molecule has 5 nitrogen and oxygen atoms in total. The molecule has 0 radical (unpaired) electrons. The van der Waals surface area contributed by atoms with Gasteiger partial charge in [-0.3, -0.25) is 9.48 Å². The number of carbonyl (C=O) groups is 1. The average molecular weight is 340 g/mol. The first-order chi connectivity index (χ1) is 11.6. The molecule has 2 heterocycles. The first-order valence-electron chi connectivity index (χ1n) is 7.90. The first kappa shape index (κ1) is 16.4. The molecule has 1 amide bonds. The highest BCUT2D eigenvalue weighted by molar-refractivity contribution is 7.09. The van der Waals surface area contributed by atoms with E-state index in [2.05, 4.69) is 29.2 Å². The van der Waals surface area contributed by atoms with Crippen LogP contribution in [0.1, 0.15) is 30.5 Å². The van der Waals surface area contributed by atoms with Crippen LogP contribution in [0.15, 0.2) is 48.1 Å². The van der Waals surface area contributed by atoms with Crippen LogP contribution in [0.5, 0.6) is 0 Å². The van der Waals surface area contributed by atoms with E-state index in [-0.39, 0.29) is 12.5 Å². The van der Waals surface area contributed by atoms with E-state index in [4.69, 9.17) is 0 Å². The molecule has 6 heteroatoms. The smallest absolute Gasteiger partial charge is 0.242 e. The maximum absolute atomic E-state index is 12.1. The molecule has 1 aromatic carbocycles. The Morgan fingerprint density at radius 3 is 2.75 bits per heavy atom. The SMILES string of the molecule is CC(C)c1nc(CNC(=O)Cn2cc(-c3ccccc3)cn2)cs1. The fraction of sp³-hybridized carbons (Fsp3) is 0.278. The lowest BCUT2D eigenvalue weighted by molar-refractivity contribution is -0.122. The van der Waals surface area contributed by atoms with Crippen molar-refractivity contribution in [1.82, 2.24) is 20.1 Å². The second-order valence-corrected chi connectivity index (χ2v) is 6.79. The van der Waals surface area contributed by atoms with E-state index in [0.29, 0.717) is 12.5 Å². The first-order valence-corrected chi connectivity index (χ1v) is 8.78.